The number of phosphoric ester groups is 2. The summed E-state index contributed by atoms with van der Waals surface area (Å²) in [5.41, 5.74) is 6.11. The molecule has 1 aromatic carbocycles. The van der Waals surface area contributed by atoms with E-state index in [4.69, 9.17) is 15.0 Å². The Labute approximate surface area is 295 Å². The van der Waals surface area contributed by atoms with E-state index in [0.29, 0.717) is 5.52 Å². The van der Waals surface area contributed by atoms with Gasteiger partial charge in [-0.1, -0.05) is 0 Å². The molecule has 24 nitrogen and oxygen atoms in total. The molecule has 6 rings (SSSR count). The topological polar surface area (TPSA) is 363 Å². The number of ether oxygens (including phenoxy) is 1. The molecule has 3 aromatic rings. The Morgan fingerprint density at radius 2 is 1.68 bits per heavy atom. The molecule has 0 aliphatic carbocycles. The summed E-state index contributed by atoms with van der Waals surface area (Å²) in [5, 5.41) is 53.0. The molecule has 9 atom stereocenters. The van der Waals surface area contributed by atoms with Crippen LogP contribution in [0.5, 0.6) is 0 Å². The van der Waals surface area contributed by atoms with Gasteiger partial charge < -0.3 is 50.4 Å². The van der Waals surface area contributed by atoms with Crippen LogP contribution in [-0.4, -0.2) is 124 Å². The van der Waals surface area contributed by atoms with Gasteiger partial charge in [0.25, 0.3) is 5.56 Å². The van der Waals surface area contributed by atoms with E-state index < -0.39 is 89.5 Å². The fourth-order valence-corrected chi connectivity index (χ4v) is 7.65. The first kappa shape index (κ1) is 38.6. The van der Waals surface area contributed by atoms with Gasteiger partial charge in [0.15, 0.2) is 29.2 Å². The minimum absolute atomic E-state index is 0.0293. The van der Waals surface area contributed by atoms with E-state index in [-0.39, 0.29) is 34.0 Å². The van der Waals surface area contributed by atoms with Crippen LogP contribution in [0, 0.1) is 13.8 Å². The number of hydrogen-bond acceptors (Lipinski definition) is 19. The molecule has 5 heterocycles. The van der Waals surface area contributed by atoms with Crippen molar-refractivity contribution in [3.8, 4) is 11.5 Å². The zero-order valence-electron chi connectivity index (χ0n) is 27.5. The fraction of sp³-hybridized carbons (Fsp3) is 0.444. The summed E-state index contributed by atoms with van der Waals surface area (Å²) in [6.07, 6.45) is -9.93. The van der Waals surface area contributed by atoms with Gasteiger partial charge in [0, 0.05) is 0 Å². The Hall–Kier alpha value is -4.13. The molecule has 1 fully saturated rings. The van der Waals surface area contributed by atoms with Crippen LogP contribution in [-0.2, 0) is 33.8 Å². The van der Waals surface area contributed by atoms with Gasteiger partial charge in [0.05, 0.1) is 37.1 Å². The Bertz CT molecular complexity index is 2350. The first-order valence-corrected chi connectivity index (χ1v) is 18.4. The highest BCUT2D eigenvalue weighted by atomic mass is 31.3. The number of aliphatic hydroxyl groups excluding tert-OH is 5. The molecule has 10 N–H and O–H groups in total. The van der Waals surface area contributed by atoms with Crippen molar-refractivity contribution in [2.24, 2.45) is 0 Å². The number of benzene rings is 1. The Kier molecular flexibility index (Phi) is 10.6. The quantitative estimate of drug-likeness (QED) is 0.0443. The Morgan fingerprint density at radius 3 is 2.42 bits per heavy atom. The molecule has 0 saturated carbocycles. The van der Waals surface area contributed by atoms with Gasteiger partial charge in [-0.25, -0.2) is 33.9 Å². The number of nitrogens with one attached hydrogen (secondary N) is 1. The minimum atomic E-state index is -5.54. The predicted molar refractivity (Wildman–Crippen MR) is 177 cm³/mol. The van der Waals surface area contributed by atoms with Crippen molar-refractivity contribution >= 4 is 43.7 Å². The number of rotatable bonds is 13. The lowest BCUT2D eigenvalue weighted by atomic mass is 10.1. The number of fused-ring (bicyclic) bond motifs is 3. The second-order valence-corrected chi connectivity index (χ2v) is 15.1. The molecular formula is C27H33N9O15P2. The summed E-state index contributed by atoms with van der Waals surface area (Å²) in [6, 6.07) is 3.29. The van der Waals surface area contributed by atoms with E-state index in [1.165, 1.54) is 15.5 Å². The lowest BCUT2D eigenvalue weighted by Crippen LogP contribution is -2.42. The van der Waals surface area contributed by atoms with Gasteiger partial charge in [-0.05, 0) is 37.1 Å². The number of phosphoric acid groups is 2. The van der Waals surface area contributed by atoms with Crippen molar-refractivity contribution in [1.82, 2.24) is 39.0 Å². The zero-order chi connectivity index (χ0) is 38.6. The number of aliphatic hydroxyl groups is 5. The van der Waals surface area contributed by atoms with Crippen molar-refractivity contribution in [2.75, 3.05) is 18.9 Å². The number of nitrogens with zero attached hydrogens (tertiary/aromatic N) is 7. The van der Waals surface area contributed by atoms with E-state index in [9.17, 15) is 54.0 Å². The lowest BCUT2D eigenvalue weighted by molar-refractivity contribution is -0.0794. The summed E-state index contributed by atoms with van der Waals surface area (Å²) in [7, 11) is -11.0. The number of aromatic nitrogens is 8. The average Bonchev–Trinajstić information content (AvgIpc) is 3.63. The SMILES string of the molecule is Cc1cc2nc3c(=O)[nH]c(=O)nc-3n(C[C@H](O)[C@H](O)[C@H](O)COP(=O)(O)OP(=O)(O)OCC3OC(n4cnc5c(N)ncnc54)C(O)C3O)c2cc1C. The molecule has 3 aliphatic heterocycles. The van der Waals surface area contributed by atoms with Crippen molar-refractivity contribution in [3.05, 3.63) is 56.8 Å². The first-order chi connectivity index (χ1) is 24.9. The molecule has 53 heavy (non-hydrogen) atoms. The van der Waals surface area contributed by atoms with E-state index in [0.717, 1.165) is 17.5 Å². The number of nitrogens with two attached hydrogens (primary N) is 1. The van der Waals surface area contributed by atoms with Crippen LogP contribution < -0.4 is 17.0 Å². The van der Waals surface area contributed by atoms with E-state index in [2.05, 4.69) is 33.8 Å². The summed E-state index contributed by atoms with van der Waals surface area (Å²) < 4.78 is 46.6. The number of anilines is 1. The zero-order valence-corrected chi connectivity index (χ0v) is 29.3. The highest BCUT2D eigenvalue weighted by Gasteiger charge is 2.46. The van der Waals surface area contributed by atoms with Crippen molar-refractivity contribution in [3.63, 3.8) is 0 Å². The second-order valence-electron chi connectivity index (χ2n) is 12.1. The van der Waals surface area contributed by atoms with Crippen LogP contribution in [0.2, 0.25) is 0 Å². The van der Waals surface area contributed by atoms with Gasteiger partial charge in [0.1, 0.15) is 48.5 Å². The smallest absolute Gasteiger partial charge is 0.388 e. The minimum Gasteiger partial charge on any atom is -0.388 e. The predicted octanol–water partition coefficient (Wildman–Crippen LogP) is -2.42. The molecule has 286 valence electrons. The summed E-state index contributed by atoms with van der Waals surface area (Å²) in [4.78, 5) is 66.6. The lowest BCUT2D eigenvalue weighted by Gasteiger charge is -2.26. The molecule has 1 saturated heterocycles. The van der Waals surface area contributed by atoms with Crippen LogP contribution in [0.3, 0.4) is 0 Å². The van der Waals surface area contributed by atoms with E-state index >= 15 is 0 Å². The third-order valence-corrected chi connectivity index (χ3v) is 11.0. The second kappa shape index (κ2) is 14.6. The number of H-pyrrole nitrogens is 1. The van der Waals surface area contributed by atoms with Crippen molar-refractivity contribution in [2.45, 2.75) is 63.2 Å². The van der Waals surface area contributed by atoms with Crippen LogP contribution in [0.15, 0.2) is 34.4 Å². The number of aromatic amines is 1. The van der Waals surface area contributed by atoms with Crippen molar-refractivity contribution < 1.29 is 62.5 Å². The molecule has 0 radical (unpaired) electrons. The summed E-state index contributed by atoms with van der Waals surface area (Å²) in [6.45, 7) is 0.795. The molecule has 26 heteroatoms. The first-order valence-electron chi connectivity index (χ1n) is 15.4. The van der Waals surface area contributed by atoms with Gasteiger partial charge in [-0.15, -0.1) is 0 Å². The third-order valence-electron chi connectivity index (χ3n) is 8.40. The summed E-state index contributed by atoms with van der Waals surface area (Å²) in [5.74, 6) is -0.212. The van der Waals surface area contributed by atoms with Gasteiger partial charge in [0.2, 0.25) is 0 Å². The van der Waals surface area contributed by atoms with Crippen LogP contribution in [0.1, 0.15) is 17.4 Å². The number of aryl methyl sites for hydroxylation is 2. The third kappa shape index (κ3) is 7.91. The molecule has 6 unspecified atom stereocenters. The molecule has 0 amide bonds. The molecule has 3 aliphatic rings. The van der Waals surface area contributed by atoms with Gasteiger partial charge >= 0.3 is 21.3 Å². The number of nitrogen functional groups attached to an aromatic ring is 1. The highest BCUT2D eigenvalue weighted by Crippen LogP contribution is 2.60. The van der Waals surface area contributed by atoms with Gasteiger partial charge in [-0.2, -0.15) is 9.29 Å². The normalized spacial score (nSPS) is 23.3. The van der Waals surface area contributed by atoms with Crippen molar-refractivity contribution in [1.29, 1.82) is 0 Å². The maximum atomic E-state index is 12.5. The van der Waals surface area contributed by atoms with E-state index in [1.807, 2.05) is 4.98 Å². The Morgan fingerprint density at radius 1 is 0.981 bits per heavy atom. The average molecular weight is 786 g/mol. The largest absolute Gasteiger partial charge is 0.481 e. The monoisotopic (exact) mass is 785 g/mol. The number of hydrogen-bond donors (Lipinski definition) is 9. The summed E-state index contributed by atoms with van der Waals surface area (Å²) >= 11 is 0. The highest BCUT2D eigenvalue weighted by molar-refractivity contribution is 7.61. The maximum Gasteiger partial charge on any atom is 0.481 e. The standard InChI is InChI=1S/C27H33N9O15P2/c1-10-3-12-13(4-11(10)2)35(24-18(32-12)25(42)34-27(43)33-24)5-14(37)19(39)15(38)6-48-52(44,45)51-53(46,47)49-7-16-20(40)21(41)26(50-16)36-9-31-17-22(28)29-8-30-23(17)36/h3-4,8-9,14-16,19-21,26,37-41H,5-7H2,1-2H3,(H,44,45)(H,46,47)(H2,28,29,30)(H,34,42,43)/t14-,15+,16?,19-,20?,21?,26?/m0/s1. The van der Waals surface area contributed by atoms with Crippen LogP contribution in [0.4, 0.5) is 5.82 Å². The van der Waals surface area contributed by atoms with Crippen LogP contribution >= 0.6 is 15.6 Å². The van der Waals surface area contributed by atoms with Crippen LogP contribution in [0.25, 0.3) is 33.7 Å². The van der Waals surface area contributed by atoms with E-state index in [1.54, 1.807) is 26.0 Å². The molecule has 2 aromatic heterocycles. The fourth-order valence-electron chi connectivity index (χ4n) is 5.55. The maximum absolute atomic E-state index is 12.5. The molecule has 0 bridgehead atoms. The molecular weight excluding hydrogens is 752 g/mol. The number of imidazole rings is 1. The molecule has 0 spiro atoms. The Balaban J connectivity index is 1.07. The van der Waals surface area contributed by atoms with Gasteiger partial charge in [-0.3, -0.25) is 23.4 Å².